The summed E-state index contributed by atoms with van der Waals surface area (Å²) in [5.41, 5.74) is 3.74. The van der Waals surface area contributed by atoms with Gasteiger partial charge in [-0.25, -0.2) is 5.21 Å². The molecule has 2 aromatic carbocycles. The maximum Gasteiger partial charge on any atom is 0.252 e. The number of carbonyl (C=O) groups excluding carboxylic acids is 2. The summed E-state index contributed by atoms with van der Waals surface area (Å²) in [5.74, 6) is -0.893. The minimum absolute atomic E-state index is 0.0422. The summed E-state index contributed by atoms with van der Waals surface area (Å²) < 4.78 is -0.0422. The van der Waals surface area contributed by atoms with Crippen molar-refractivity contribution in [2.45, 2.75) is 45.3 Å². The van der Waals surface area contributed by atoms with Crippen molar-refractivity contribution in [3.63, 3.8) is 0 Å². The minimum Gasteiger partial charge on any atom is -0.391 e. The van der Waals surface area contributed by atoms with Crippen LogP contribution in [0.25, 0.3) is 11.1 Å². The molecule has 1 aliphatic rings. The third-order valence-electron chi connectivity index (χ3n) is 6.12. The number of hydrogen-bond acceptors (Lipinski definition) is 4. The summed E-state index contributed by atoms with van der Waals surface area (Å²) in [6.45, 7) is 5.64. The quantitative estimate of drug-likeness (QED) is 0.450. The second kappa shape index (κ2) is 10.7. The van der Waals surface area contributed by atoms with Crippen molar-refractivity contribution >= 4 is 11.8 Å². The Morgan fingerprint density at radius 2 is 1.56 bits per heavy atom. The Balaban J connectivity index is 1.58. The molecular weight excluding hydrogens is 406 g/mol. The minimum atomic E-state index is -1.07. The molecule has 32 heavy (non-hydrogen) atoms. The van der Waals surface area contributed by atoms with Gasteiger partial charge < -0.3 is 15.7 Å². The molecule has 0 bridgehead atoms. The topological polar surface area (TPSA) is 98.7 Å². The van der Waals surface area contributed by atoms with E-state index in [9.17, 15) is 19.9 Å². The lowest BCUT2D eigenvalue weighted by atomic mass is 10.0. The first-order valence-electron chi connectivity index (χ1n) is 11.4. The fourth-order valence-corrected chi connectivity index (χ4v) is 4.02. The number of aliphatic hydroxyl groups is 1. The fourth-order valence-electron chi connectivity index (χ4n) is 4.02. The van der Waals surface area contributed by atoms with Gasteiger partial charge in [-0.3, -0.25) is 9.59 Å². The van der Waals surface area contributed by atoms with Gasteiger partial charge in [0.2, 0.25) is 5.91 Å². The largest absolute Gasteiger partial charge is 0.391 e. The molecule has 172 valence electrons. The van der Waals surface area contributed by atoms with Crippen LogP contribution in [-0.2, 0) is 11.2 Å². The number of aliphatic hydroxyl groups excluding tert-OH is 1. The molecule has 4 N–H and O–H groups in total. The molecular formula is C25H34N3O4+. The predicted octanol–water partition coefficient (Wildman–Crippen LogP) is 2.51. The predicted molar refractivity (Wildman–Crippen MR) is 123 cm³/mol. The van der Waals surface area contributed by atoms with Crippen molar-refractivity contribution in [2.75, 3.05) is 26.2 Å². The number of nitrogens with one attached hydrogen (secondary N) is 2. The van der Waals surface area contributed by atoms with Crippen molar-refractivity contribution in [2.24, 2.45) is 0 Å². The van der Waals surface area contributed by atoms with Crippen molar-refractivity contribution in [3.8, 4) is 11.1 Å². The van der Waals surface area contributed by atoms with E-state index in [2.05, 4.69) is 41.8 Å². The molecule has 2 amide bonds. The normalized spacial score (nSPS) is 16.9. The number of hydrogen-bond donors (Lipinski definition) is 4. The van der Waals surface area contributed by atoms with Gasteiger partial charge >= 0.3 is 0 Å². The van der Waals surface area contributed by atoms with E-state index < -0.39 is 24.0 Å². The van der Waals surface area contributed by atoms with Gasteiger partial charge in [0.15, 0.2) is 0 Å². The molecule has 1 saturated heterocycles. The number of carbonyl (C=O) groups is 2. The molecule has 0 unspecified atom stereocenters. The second-order valence-corrected chi connectivity index (χ2v) is 8.58. The van der Waals surface area contributed by atoms with Crippen LogP contribution in [-0.4, -0.2) is 65.1 Å². The zero-order valence-corrected chi connectivity index (χ0v) is 18.9. The summed E-state index contributed by atoms with van der Waals surface area (Å²) in [5, 5.41) is 25.7. The Hall–Kier alpha value is -2.74. The van der Waals surface area contributed by atoms with Crippen LogP contribution in [0.3, 0.4) is 0 Å². The van der Waals surface area contributed by atoms with Gasteiger partial charge in [0.05, 0.1) is 12.6 Å². The number of likely N-dealkylation sites (tertiary alicyclic amines) is 1. The molecule has 0 aromatic heterocycles. The Bertz CT molecular complexity index is 904. The molecule has 3 rings (SSSR count). The van der Waals surface area contributed by atoms with E-state index in [1.165, 1.54) is 12.5 Å². The van der Waals surface area contributed by atoms with Crippen LogP contribution in [0.15, 0.2) is 48.5 Å². The summed E-state index contributed by atoms with van der Waals surface area (Å²) in [4.78, 5) is 25.2. The molecule has 7 heteroatoms. The van der Waals surface area contributed by atoms with Gasteiger partial charge in [-0.05, 0) is 42.2 Å². The van der Waals surface area contributed by atoms with Gasteiger partial charge in [0, 0.05) is 18.4 Å². The first-order chi connectivity index (χ1) is 15.3. The van der Waals surface area contributed by atoms with E-state index in [-0.39, 0.29) is 11.2 Å². The molecule has 1 fully saturated rings. The van der Waals surface area contributed by atoms with E-state index in [1.807, 2.05) is 12.1 Å². The number of aryl methyl sites for hydroxylation is 1. The first-order valence-corrected chi connectivity index (χ1v) is 11.4. The Labute approximate surface area is 189 Å². The number of rotatable bonds is 9. The highest BCUT2D eigenvalue weighted by molar-refractivity contribution is 5.98. The molecule has 0 radical (unpaired) electrons. The molecule has 1 aliphatic heterocycles. The highest BCUT2D eigenvalue weighted by Crippen LogP contribution is 2.21. The molecule has 2 atom stereocenters. The smallest absolute Gasteiger partial charge is 0.252 e. The Morgan fingerprint density at radius 3 is 2.09 bits per heavy atom. The van der Waals surface area contributed by atoms with Crippen molar-refractivity contribution in [1.82, 2.24) is 10.6 Å². The van der Waals surface area contributed by atoms with Crippen LogP contribution in [0.5, 0.6) is 0 Å². The first kappa shape index (κ1) is 23.9. The summed E-state index contributed by atoms with van der Waals surface area (Å²) in [6.07, 6.45) is 1.87. The van der Waals surface area contributed by atoms with E-state index >= 15 is 0 Å². The Kier molecular flexibility index (Phi) is 8.01. The van der Waals surface area contributed by atoms with E-state index in [0.717, 1.165) is 30.4 Å². The van der Waals surface area contributed by atoms with E-state index in [0.29, 0.717) is 25.2 Å². The molecule has 0 saturated carbocycles. The molecule has 7 nitrogen and oxygen atoms in total. The summed E-state index contributed by atoms with van der Waals surface area (Å²) >= 11 is 0. The number of quaternary nitrogens is 1. The third-order valence-corrected chi connectivity index (χ3v) is 6.12. The second-order valence-electron chi connectivity index (χ2n) is 8.58. The van der Waals surface area contributed by atoms with Crippen LogP contribution in [0.1, 0.15) is 42.6 Å². The lowest BCUT2D eigenvalue weighted by Crippen LogP contribution is -2.54. The van der Waals surface area contributed by atoms with E-state index in [4.69, 9.17) is 0 Å². The van der Waals surface area contributed by atoms with Crippen LogP contribution >= 0.6 is 0 Å². The van der Waals surface area contributed by atoms with Crippen LogP contribution in [0, 0.1) is 0 Å². The maximum absolute atomic E-state index is 12.7. The van der Waals surface area contributed by atoms with Crippen molar-refractivity contribution in [1.29, 1.82) is 0 Å². The standard InChI is InChI=1S/C25H33N3O4/c1-3-19-6-8-20(9-7-19)21-10-12-22(13-11-21)24(30)27-23(18(2)29)25(31)26-14-17-28(32)15-4-5-16-28/h6-13,18,23,29,32H,3-5,14-17H2,1-2H3,(H-,26,27,30,31)/p+1/t18-,23+/m1/s1. The highest BCUT2D eigenvalue weighted by atomic mass is 16.5. The maximum atomic E-state index is 12.7. The lowest BCUT2D eigenvalue weighted by molar-refractivity contribution is -1.09. The zero-order chi connectivity index (χ0) is 23.1. The Morgan fingerprint density at radius 1 is 1.00 bits per heavy atom. The molecule has 1 heterocycles. The number of amides is 2. The summed E-state index contributed by atoms with van der Waals surface area (Å²) in [6, 6.07) is 14.4. The number of nitrogens with zero attached hydrogens (tertiary/aromatic N) is 1. The van der Waals surface area contributed by atoms with Crippen LogP contribution < -0.4 is 10.6 Å². The van der Waals surface area contributed by atoms with Crippen molar-refractivity contribution < 1.29 is 24.5 Å². The lowest BCUT2D eigenvalue weighted by Gasteiger charge is -2.25. The number of hydroxylamine groups is 3. The van der Waals surface area contributed by atoms with Gasteiger partial charge in [0.25, 0.3) is 5.91 Å². The summed E-state index contributed by atoms with van der Waals surface area (Å²) in [7, 11) is 0. The average Bonchev–Trinajstić information content (AvgIpc) is 3.23. The van der Waals surface area contributed by atoms with Crippen LogP contribution in [0.2, 0.25) is 0 Å². The average molecular weight is 441 g/mol. The monoisotopic (exact) mass is 440 g/mol. The third kappa shape index (κ3) is 6.16. The molecule has 2 aromatic rings. The van der Waals surface area contributed by atoms with Gasteiger partial charge in [-0.1, -0.05) is 43.3 Å². The van der Waals surface area contributed by atoms with Crippen molar-refractivity contribution in [3.05, 3.63) is 59.7 Å². The SMILES string of the molecule is CCc1ccc(-c2ccc(C(=O)N[C@H](C(=O)NCC[N+]3(O)CCCC3)[C@@H](C)O)cc2)cc1. The zero-order valence-electron chi connectivity index (χ0n) is 18.9. The van der Waals surface area contributed by atoms with Gasteiger partial charge in [0.1, 0.15) is 25.7 Å². The van der Waals surface area contributed by atoms with E-state index in [1.54, 1.807) is 12.1 Å². The molecule has 0 spiro atoms. The van der Waals surface area contributed by atoms with Gasteiger partial charge in [-0.15, -0.1) is 0 Å². The fraction of sp³-hybridized carbons (Fsp3) is 0.440. The van der Waals surface area contributed by atoms with Gasteiger partial charge in [-0.2, -0.15) is 4.65 Å². The number of benzene rings is 2. The van der Waals surface area contributed by atoms with Crippen LogP contribution in [0.4, 0.5) is 0 Å². The molecule has 0 aliphatic carbocycles. The highest BCUT2D eigenvalue weighted by Gasteiger charge is 2.31.